The van der Waals surface area contributed by atoms with Crippen LogP contribution in [0.3, 0.4) is 0 Å². The van der Waals surface area contributed by atoms with Crippen LogP contribution in [0.2, 0.25) is 0 Å². The molecule has 178 valence electrons. The highest BCUT2D eigenvalue weighted by molar-refractivity contribution is 7.91. The predicted molar refractivity (Wildman–Crippen MR) is 121 cm³/mol. The number of ether oxygens (including phenoxy) is 2. The quantitative estimate of drug-likeness (QED) is 0.467. The molecule has 7 nitrogen and oxygen atoms in total. The zero-order valence-corrected chi connectivity index (χ0v) is 19.0. The molecule has 0 saturated carbocycles. The Labute approximate surface area is 195 Å². The first-order valence-corrected chi connectivity index (χ1v) is 11.5. The first-order chi connectivity index (χ1) is 16.1. The molecule has 0 aliphatic carbocycles. The van der Waals surface area contributed by atoms with Gasteiger partial charge in [-0.2, -0.15) is 8.78 Å². The minimum absolute atomic E-state index is 0.116. The van der Waals surface area contributed by atoms with Crippen LogP contribution >= 0.6 is 0 Å². The molecule has 3 rings (SSSR count). The zero-order chi connectivity index (χ0) is 24.9. The van der Waals surface area contributed by atoms with Gasteiger partial charge in [-0.15, -0.1) is 0 Å². The Morgan fingerprint density at radius 2 is 1.59 bits per heavy atom. The minimum atomic E-state index is -4.81. The average Bonchev–Trinajstić information content (AvgIpc) is 2.83. The second kappa shape index (κ2) is 10.4. The van der Waals surface area contributed by atoms with Gasteiger partial charge in [-0.3, -0.25) is 4.79 Å². The van der Waals surface area contributed by atoms with Crippen molar-refractivity contribution in [2.45, 2.75) is 23.7 Å². The number of benzene rings is 3. The Bertz CT molecular complexity index is 1280. The number of anilines is 1. The molecule has 0 aliphatic rings. The third-order valence-corrected chi connectivity index (χ3v) is 6.23. The van der Waals surface area contributed by atoms with E-state index in [-0.39, 0.29) is 5.56 Å². The Morgan fingerprint density at radius 1 is 0.941 bits per heavy atom. The summed E-state index contributed by atoms with van der Waals surface area (Å²) in [6.45, 7) is 1.84. The smallest absolute Gasteiger partial charge is 0.341 e. The van der Waals surface area contributed by atoms with E-state index >= 15 is 0 Å². The van der Waals surface area contributed by atoms with Crippen LogP contribution in [0.25, 0.3) is 0 Å². The normalized spacial score (nSPS) is 12.1. The van der Waals surface area contributed by atoms with Crippen LogP contribution in [0.5, 0.6) is 5.75 Å². The molecule has 1 amide bonds. The highest BCUT2D eigenvalue weighted by Crippen LogP contribution is 2.28. The number of carbonyl (C=O) groups excluding carboxylic acids is 2. The van der Waals surface area contributed by atoms with Crippen LogP contribution in [-0.2, 0) is 19.4 Å². The van der Waals surface area contributed by atoms with Crippen molar-refractivity contribution >= 4 is 27.4 Å². The number of alkyl halides is 2. The number of carbonyl (C=O) groups is 2. The molecule has 0 heterocycles. The first kappa shape index (κ1) is 24.8. The van der Waals surface area contributed by atoms with Crippen LogP contribution in [0.15, 0.2) is 77.7 Å². The Balaban J connectivity index is 1.87. The molecule has 0 radical (unpaired) electrons. The third-order valence-electron chi connectivity index (χ3n) is 4.83. The summed E-state index contributed by atoms with van der Waals surface area (Å²) in [5.41, 5.74) is 1.51. The van der Waals surface area contributed by atoms with E-state index in [4.69, 9.17) is 9.47 Å². The predicted octanol–water partition coefficient (Wildman–Crippen LogP) is 4.54. The van der Waals surface area contributed by atoms with Crippen molar-refractivity contribution in [1.29, 1.82) is 0 Å². The molecule has 34 heavy (non-hydrogen) atoms. The second-order valence-electron chi connectivity index (χ2n) is 7.22. The van der Waals surface area contributed by atoms with Crippen molar-refractivity contribution in [2.24, 2.45) is 0 Å². The molecule has 0 fully saturated rings. The van der Waals surface area contributed by atoms with Crippen LogP contribution < -0.4 is 10.1 Å². The lowest BCUT2D eigenvalue weighted by molar-refractivity contribution is -0.125. The van der Waals surface area contributed by atoms with Gasteiger partial charge in [0.2, 0.25) is 15.9 Å². The summed E-state index contributed by atoms with van der Waals surface area (Å²) in [5, 5.41) is 2.70. The first-order valence-electron chi connectivity index (χ1n) is 9.97. The van der Waals surface area contributed by atoms with Crippen LogP contribution in [0.4, 0.5) is 14.5 Å². The molecule has 0 aliphatic heterocycles. The number of nitrogens with one attached hydrogen (secondary N) is 1. The maximum atomic E-state index is 13.1. The number of hydrogen-bond acceptors (Lipinski definition) is 6. The van der Waals surface area contributed by atoms with Gasteiger partial charge >= 0.3 is 11.7 Å². The van der Waals surface area contributed by atoms with Crippen molar-refractivity contribution in [3.05, 3.63) is 89.5 Å². The largest absolute Gasteiger partial charge is 0.495 e. The Kier molecular flexibility index (Phi) is 7.62. The highest BCUT2D eigenvalue weighted by atomic mass is 32.2. The summed E-state index contributed by atoms with van der Waals surface area (Å²) in [7, 11) is -3.35. The summed E-state index contributed by atoms with van der Waals surface area (Å²) >= 11 is 0. The standard InChI is InChI=1S/C24H21F2NO6S/c1-15-8-13-20(32-2)19(14-15)27-22(28)21(16-6-4-3-5-7-16)33-23(29)17-9-11-18(12-10-17)34(30,31)24(25)26/h3-14,21,24H,1-2H3,(H,27,28)/t21-/m1/s1. The van der Waals surface area contributed by atoms with E-state index in [1.165, 1.54) is 7.11 Å². The van der Waals surface area contributed by atoms with E-state index in [1.807, 2.05) is 6.92 Å². The van der Waals surface area contributed by atoms with Gasteiger partial charge in [-0.05, 0) is 48.9 Å². The second-order valence-corrected chi connectivity index (χ2v) is 9.14. The fourth-order valence-corrected chi connectivity index (χ4v) is 3.80. The van der Waals surface area contributed by atoms with Gasteiger partial charge in [0.1, 0.15) is 5.75 Å². The number of amides is 1. The summed E-state index contributed by atoms with van der Waals surface area (Å²) < 4.78 is 59.3. The van der Waals surface area contributed by atoms with Gasteiger partial charge in [0, 0.05) is 5.56 Å². The lowest BCUT2D eigenvalue weighted by Crippen LogP contribution is -2.26. The van der Waals surface area contributed by atoms with Crippen molar-refractivity contribution in [1.82, 2.24) is 0 Å². The summed E-state index contributed by atoms with van der Waals surface area (Å²) in [5.74, 6) is -4.77. The van der Waals surface area contributed by atoms with Crippen molar-refractivity contribution in [3.8, 4) is 5.75 Å². The number of halogens is 2. The van der Waals surface area contributed by atoms with Gasteiger partial charge in [0.05, 0.1) is 23.3 Å². The van der Waals surface area contributed by atoms with E-state index < -0.39 is 38.5 Å². The molecule has 0 spiro atoms. The maximum absolute atomic E-state index is 13.1. The molecule has 1 atom stereocenters. The summed E-state index contributed by atoms with van der Waals surface area (Å²) in [6, 6.07) is 17.3. The van der Waals surface area contributed by atoms with Gasteiger partial charge in [0.15, 0.2) is 0 Å². The number of esters is 1. The molecule has 3 aromatic rings. The molecule has 1 N–H and O–H groups in total. The highest BCUT2D eigenvalue weighted by Gasteiger charge is 2.29. The molecular formula is C24H21F2NO6S. The van der Waals surface area contributed by atoms with Crippen molar-refractivity contribution in [3.63, 3.8) is 0 Å². The summed E-state index contributed by atoms with van der Waals surface area (Å²) in [4.78, 5) is 25.2. The molecule has 3 aromatic carbocycles. The number of aryl methyl sites for hydroxylation is 1. The van der Waals surface area contributed by atoms with E-state index in [2.05, 4.69) is 5.32 Å². The molecule has 0 aromatic heterocycles. The Hall–Kier alpha value is -3.79. The molecule has 0 saturated heterocycles. The average molecular weight is 489 g/mol. The molecule has 0 bridgehead atoms. The fourth-order valence-electron chi connectivity index (χ4n) is 3.08. The number of hydrogen-bond donors (Lipinski definition) is 1. The van der Waals surface area contributed by atoms with Gasteiger partial charge in [-0.1, -0.05) is 36.4 Å². The molecule has 0 unspecified atom stereocenters. The fraction of sp³-hybridized carbons (Fsp3) is 0.167. The van der Waals surface area contributed by atoms with E-state index in [0.29, 0.717) is 17.0 Å². The van der Waals surface area contributed by atoms with Gasteiger partial charge < -0.3 is 14.8 Å². The number of methoxy groups -OCH3 is 1. The van der Waals surface area contributed by atoms with E-state index in [9.17, 15) is 26.8 Å². The third kappa shape index (κ3) is 5.57. The Morgan fingerprint density at radius 3 is 2.18 bits per heavy atom. The SMILES string of the molecule is COc1ccc(C)cc1NC(=O)[C@H](OC(=O)c1ccc(S(=O)(=O)C(F)F)cc1)c1ccccc1. The van der Waals surface area contributed by atoms with E-state index in [0.717, 1.165) is 29.8 Å². The topological polar surface area (TPSA) is 98.8 Å². The van der Waals surface area contributed by atoms with Crippen LogP contribution in [0, 0.1) is 6.92 Å². The maximum Gasteiger partial charge on any atom is 0.341 e. The van der Waals surface area contributed by atoms with Crippen molar-refractivity contribution < 1.29 is 36.3 Å². The van der Waals surface area contributed by atoms with E-state index in [1.54, 1.807) is 48.5 Å². The minimum Gasteiger partial charge on any atom is -0.495 e. The molecular weight excluding hydrogens is 468 g/mol. The number of sulfone groups is 1. The number of rotatable bonds is 8. The molecule has 10 heteroatoms. The van der Waals surface area contributed by atoms with Crippen LogP contribution in [-0.4, -0.2) is 33.2 Å². The lowest BCUT2D eigenvalue weighted by atomic mass is 10.1. The zero-order valence-electron chi connectivity index (χ0n) is 18.2. The van der Waals surface area contributed by atoms with Crippen LogP contribution in [0.1, 0.15) is 27.6 Å². The lowest BCUT2D eigenvalue weighted by Gasteiger charge is -2.19. The summed E-state index contributed by atoms with van der Waals surface area (Å²) in [6.07, 6.45) is -1.36. The van der Waals surface area contributed by atoms with Crippen molar-refractivity contribution in [2.75, 3.05) is 12.4 Å². The van der Waals surface area contributed by atoms with Gasteiger partial charge in [0.25, 0.3) is 5.91 Å². The monoisotopic (exact) mass is 489 g/mol. The van der Waals surface area contributed by atoms with Gasteiger partial charge in [-0.25, -0.2) is 13.2 Å².